The lowest BCUT2D eigenvalue weighted by atomic mass is 10.1. The van der Waals surface area contributed by atoms with Gasteiger partial charge in [-0.25, -0.2) is 0 Å². The third-order valence-corrected chi connectivity index (χ3v) is 1.73. The van der Waals surface area contributed by atoms with Crippen molar-refractivity contribution in [2.45, 2.75) is 12.6 Å². The third-order valence-electron chi connectivity index (χ3n) is 1.73. The molecule has 0 fully saturated rings. The molecule has 0 saturated carbocycles. The average molecular weight is 231 g/mol. The summed E-state index contributed by atoms with van der Waals surface area (Å²) in [6.07, 6.45) is -4.65. The van der Waals surface area contributed by atoms with Gasteiger partial charge in [0.05, 0.1) is 23.1 Å². The Hall–Kier alpha value is -2.17. The van der Waals surface area contributed by atoms with Gasteiger partial charge in [0.25, 0.3) is 5.69 Å². The lowest BCUT2D eigenvalue weighted by molar-refractivity contribution is -0.388. The SMILES string of the molecule is N#CCc1nccc([N+](=O)[O-])c1C(F)(F)F. The van der Waals surface area contributed by atoms with Crippen LogP contribution in [-0.4, -0.2) is 9.91 Å². The number of nitrogens with zero attached hydrogens (tertiary/aromatic N) is 3. The molecule has 0 aromatic carbocycles. The smallest absolute Gasteiger partial charge is 0.259 e. The zero-order valence-corrected chi connectivity index (χ0v) is 7.65. The van der Waals surface area contributed by atoms with Crippen LogP contribution in [0.15, 0.2) is 12.3 Å². The summed E-state index contributed by atoms with van der Waals surface area (Å²) in [4.78, 5) is 12.6. The highest BCUT2D eigenvalue weighted by Crippen LogP contribution is 2.37. The summed E-state index contributed by atoms with van der Waals surface area (Å²) in [5, 5.41) is 18.7. The maximum Gasteiger partial charge on any atom is 0.424 e. The van der Waals surface area contributed by atoms with E-state index in [-0.39, 0.29) is 0 Å². The van der Waals surface area contributed by atoms with Crippen molar-refractivity contribution in [3.63, 3.8) is 0 Å². The van der Waals surface area contributed by atoms with Crippen LogP contribution in [0, 0.1) is 21.4 Å². The van der Waals surface area contributed by atoms with E-state index < -0.39 is 34.5 Å². The van der Waals surface area contributed by atoms with Crippen LogP contribution in [0.1, 0.15) is 11.3 Å². The molecule has 0 amide bonds. The number of halogens is 3. The Morgan fingerprint density at radius 3 is 2.62 bits per heavy atom. The third kappa shape index (κ3) is 2.25. The van der Waals surface area contributed by atoms with Gasteiger partial charge in [0.2, 0.25) is 0 Å². The first kappa shape index (κ1) is 11.9. The first-order chi connectivity index (χ1) is 7.38. The minimum absolute atomic E-state index is 0.628. The maximum atomic E-state index is 12.5. The van der Waals surface area contributed by atoms with E-state index in [0.29, 0.717) is 6.07 Å². The summed E-state index contributed by atoms with van der Waals surface area (Å²) < 4.78 is 37.6. The van der Waals surface area contributed by atoms with Gasteiger partial charge in [0.15, 0.2) is 5.56 Å². The fraction of sp³-hybridized carbons (Fsp3) is 0.250. The number of pyridine rings is 1. The molecule has 16 heavy (non-hydrogen) atoms. The zero-order chi connectivity index (χ0) is 12.3. The summed E-state index contributed by atoms with van der Waals surface area (Å²) in [6.45, 7) is 0. The molecule has 0 saturated heterocycles. The maximum absolute atomic E-state index is 12.5. The molecule has 8 heteroatoms. The van der Waals surface area contributed by atoms with Crippen molar-refractivity contribution in [3.05, 3.63) is 33.6 Å². The topological polar surface area (TPSA) is 79.8 Å². The van der Waals surface area contributed by atoms with Crippen LogP contribution >= 0.6 is 0 Å². The Labute approximate surface area is 87.3 Å². The molecule has 0 aliphatic carbocycles. The van der Waals surface area contributed by atoms with E-state index in [4.69, 9.17) is 5.26 Å². The summed E-state index contributed by atoms with van der Waals surface area (Å²) in [6, 6.07) is 2.13. The van der Waals surface area contributed by atoms with E-state index in [1.54, 1.807) is 0 Å². The van der Waals surface area contributed by atoms with Gasteiger partial charge in [-0.2, -0.15) is 18.4 Å². The summed E-state index contributed by atoms with van der Waals surface area (Å²) >= 11 is 0. The molecule has 1 aromatic rings. The van der Waals surface area contributed by atoms with Crippen molar-refractivity contribution in [1.29, 1.82) is 5.26 Å². The van der Waals surface area contributed by atoms with Gasteiger partial charge in [0.1, 0.15) is 0 Å². The van der Waals surface area contributed by atoms with Crippen molar-refractivity contribution in [2.24, 2.45) is 0 Å². The van der Waals surface area contributed by atoms with E-state index in [2.05, 4.69) is 4.98 Å². The summed E-state index contributed by atoms with van der Waals surface area (Å²) in [5.41, 5.74) is -3.18. The second kappa shape index (κ2) is 4.14. The van der Waals surface area contributed by atoms with Crippen LogP contribution in [0.5, 0.6) is 0 Å². The second-order valence-electron chi connectivity index (χ2n) is 2.74. The molecule has 0 radical (unpaired) electrons. The summed E-state index contributed by atoms with van der Waals surface area (Å²) in [7, 11) is 0. The second-order valence-corrected chi connectivity index (χ2v) is 2.74. The average Bonchev–Trinajstić information content (AvgIpc) is 2.16. The van der Waals surface area contributed by atoms with E-state index in [1.165, 1.54) is 6.07 Å². The highest BCUT2D eigenvalue weighted by molar-refractivity contribution is 5.44. The Balaban J connectivity index is 3.48. The molecule has 0 spiro atoms. The highest BCUT2D eigenvalue weighted by Gasteiger charge is 2.41. The minimum atomic E-state index is -4.90. The van der Waals surface area contributed by atoms with Gasteiger partial charge in [-0.3, -0.25) is 15.1 Å². The van der Waals surface area contributed by atoms with Crippen molar-refractivity contribution in [3.8, 4) is 6.07 Å². The standard InChI is InChI=1S/C8H4F3N3O2/c9-8(10,11)7-5(1-3-12)13-4-2-6(7)14(15)16/h2,4H,1H2. The fourth-order valence-corrected chi connectivity index (χ4v) is 1.16. The van der Waals surface area contributed by atoms with Crippen LogP contribution in [0.3, 0.4) is 0 Å². The van der Waals surface area contributed by atoms with Gasteiger partial charge in [-0.1, -0.05) is 0 Å². The molecule has 0 aliphatic rings. The lowest BCUT2D eigenvalue weighted by Crippen LogP contribution is -2.13. The lowest BCUT2D eigenvalue weighted by Gasteiger charge is -2.09. The molecular formula is C8H4F3N3O2. The van der Waals surface area contributed by atoms with E-state index in [1.807, 2.05) is 0 Å². The molecule has 1 aromatic heterocycles. The number of rotatable bonds is 2. The van der Waals surface area contributed by atoms with Crippen LogP contribution in [0.2, 0.25) is 0 Å². The fourth-order valence-electron chi connectivity index (χ4n) is 1.16. The van der Waals surface area contributed by atoms with Crippen LogP contribution in [0.25, 0.3) is 0 Å². The van der Waals surface area contributed by atoms with E-state index >= 15 is 0 Å². The number of nitriles is 1. The van der Waals surface area contributed by atoms with Crippen LogP contribution in [0.4, 0.5) is 18.9 Å². The molecule has 0 bridgehead atoms. The minimum Gasteiger partial charge on any atom is -0.259 e. The van der Waals surface area contributed by atoms with Gasteiger partial charge in [-0.15, -0.1) is 0 Å². The number of nitro groups is 1. The summed E-state index contributed by atoms with van der Waals surface area (Å²) in [5.74, 6) is 0. The number of hydrogen-bond acceptors (Lipinski definition) is 4. The van der Waals surface area contributed by atoms with Crippen molar-refractivity contribution in [1.82, 2.24) is 4.98 Å². The number of aromatic nitrogens is 1. The number of alkyl halides is 3. The molecule has 0 N–H and O–H groups in total. The molecule has 0 aliphatic heterocycles. The Morgan fingerprint density at radius 1 is 1.56 bits per heavy atom. The normalized spacial score (nSPS) is 10.9. The molecular weight excluding hydrogens is 227 g/mol. The molecule has 1 heterocycles. The highest BCUT2D eigenvalue weighted by atomic mass is 19.4. The van der Waals surface area contributed by atoms with E-state index in [0.717, 1.165) is 6.20 Å². The van der Waals surface area contributed by atoms with Crippen molar-refractivity contribution >= 4 is 5.69 Å². The van der Waals surface area contributed by atoms with Crippen molar-refractivity contribution in [2.75, 3.05) is 0 Å². The van der Waals surface area contributed by atoms with Crippen LogP contribution < -0.4 is 0 Å². The van der Waals surface area contributed by atoms with Gasteiger partial charge >= 0.3 is 6.18 Å². The predicted octanol–water partition coefficient (Wildman–Crippen LogP) is 2.07. The first-order valence-electron chi connectivity index (χ1n) is 3.94. The Kier molecular flexibility index (Phi) is 3.08. The Bertz CT molecular complexity index is 465. The molecule has 1 rings (SSSR count). The molecule has 0 atom stereocenters. The van der Waals surface area contributed by atoms with Gasteiger partial charge in [0, 0.05) is 12.3 Å². The van der Waals surface area contributed by atoms with E-state index in [9.17, 15) is 23.3 Å². The molecule has 84 valence electrons. The monoisotopic (exact) mass is 231 g/mol. The van der Waals surface area contributed by atoms with Gasteiger partial charge < -0.3 is 0 Å². The molecule has 5 nitrogen and oxygen atoms in total. The zero-order valence-electron chi connectivity index (χ0n) is 7.65. The van der Waals surface area contributed by atoms with Crippen LogP contribution in [-0.2, 0) is 12.6 Å². The van der Waals surface area contributed by atoms with Crippen molar-refractivity contribution < 1.29 is 18.1 Å². The molecule has 0 unspecified atom stereocenters. The largest absolute Gasteiger partial charge is 0.424 e. The number of hydrogen-bond donors (Lipinski definition) is 0. The predicted molar refractivity (Wildman–Crippen MR) is 45.2 cm³/mol. The van der Waals surface area contributed by atoms with Gasteiger partial charge in [-0.05, 0) is 0 Å². The first-order valence-corrected chi connectivity index (χ1v) is 3.94. The quantitative estimate of drug-likeness (QED) is 0.576. The Morgan fingerprint density at radius 2 is 2.19 bits per heavy atom.